The molecule has 0 unspecified atom stereocenters. The standard InChI is InChI=1S/C14H22N2/c1-3-5-6-7-13(4-2)14(12-15)8-10-16-11-9-14/h5-7,16H,3-4,8-11H2,1-2H3/b6-5-,13-7+. The van der Waals surface area contributed by atoms with Crippen LogP contribution in [0.15, 0.2) is 23.8 Å². The molecule has 2 nitrogen and oxygen atoms in total. The smallest absolute Gasteiger partial charge is 0.0809 e. The molecular weight excluding hydrogens is 196 g/mol. The van der Waals surface area contributed by atoms with Crippen molar-refractivity contribution >= 4 is 0 Å². The Hall–Kier alpha value is -1.07. The summed E-state index contributed by atoms with van der Waals surface area (Å²) in [6, 6.07) is 2.55. The Morgan fingerprint density at radius 1 is 1.38 bits per heavy atom. The maximum absolute atomic E-state index is 9.46. The van der Waals surface area contributed by atoms with Crippen LogP contribution in [0.1, 0.15) is 39.5 Å². The van der Waals surface area contributed by atoms with Crippen LogP contribution in [0.2, 0.25) is 0 Å². The molecule has 0 radical (unpaired) electrons. The van der Waals surface area contributed by atoms with Crippen LogP contribution in [0.4, 0.5) is 0 Å². The van der Waals surface area contributed by atoms with Gasteiger partial charge in [0.25, 0.3) is 0 Å². The third-order valence-electron chi connectivity index (χ3n) is 3.34. The molecule has 16 heavy (non-hydrogen) atoms. The van der Waals surface area contributed by atoms with E-state index >= 15 is 0 Å². The van der Waals surface area contributed by atoms with Crippen LogP contribution in [0.3, 0.4) is 0 Å². The molecule has 1 heterocycles. The van der Waals surface area contributed by atoms with Crippen molar-refractivity contribution in [3.05, 3.63) is 23.8 Å². The van der Waals surface area contributed by atoms with E-state index in [4.69, 9.17) is 0 Å². The maximum Gasteiger partial charge on any atom is 0.0809 e. The predicted molar refractivity (Wildman–Crippen MR) is 68.0 cm³/mol. The van der Waals surface area contributed by atoms with Crippen molar-refractivity contribution in [3.8, 4) is 6.07 Å². The molecule has 1 aliphatic rings. The number of piperidine rings is 1. The van der Waals surface area contributed by atoms with Gasteiger partial charge in [0.2, 0.25) is 0 Å². The highest BCUT2D eigenvalue weighted by Crippen LogP contribution is 2.37. The van der Waals surface area contributed by atoms with E-state index < -0.39 is 0 Å². The molecule has 0 aromatic heterocycles. The van der Waals surface area contributed by atoms with Crippen LogP contribution in [0, 0.1) is 16.7 Å². The van der Waals surface area contributed by atoms with Gasteiger partial charge in [0.05, 0.1) is 11.5 Å². The van der Waals surface area contributed by atoms with Crippen LogP contribution in [-0.4, -0.2) is 13.1 Å². The lowest BCUT2D eigenvalue weighted by Gasteiger charge is -2.33. The monoisotopic (exact) mass is 218 g/mol. The first-order valence-electron chi connectivity index (χ1n) is 6.27. The average Bonchev–Trinajstić information content (AvgIpc) is 2.35. The zero-order chi connectivity index (χ0) is 11.9. The minimum Gasteiger partial charge on any atom is -0.317 e. The van der Waals surface area contributed by atoms with Gasteiger partial charge < -0.3 is 5.32 Å². The number of nitriles is 1. The molecule has 0 aromatic rings. The highest BCUT2D eigenvalue weighted by Gasteiger charge is 2.34. The van der Waals surface area contributed by atoms with Crippen molar-refractivity contribution in [2.45, 2.75) is 39.5 Å². The van der Waals surface area contributed by atoms with Gasteiger partial charge in [0.15, 0.2) is 0 Å². The van der Waals surface area contributed by atoms with Crippen molar-refractivity contribution in [3.63, 3.8) is 0 Å². The topological polar surface area (TPSA) is 35.8 Å². The lowest BCUT2D eigenvalue weighted by molar-refractivity contribution is 0.327. The fourth-order valence-corrected chi connectivity index (χ4v) is 2.29. The van der Waals surface area contributed by atoms with Gasteiger partial charge in [-0.05, 0) is 38.8 Å². The number of rotatable bonds is 4. The van der Waals surface area contributed by atoms with E-state index in [9.17, 15) is 5.26 Å². The van der Waals surface area contributed by atoms with E-state index in [0.29, 0.717) is 0 Å². The summed E-state index contributed by atoms with van der Waals surface area (Å²) in [6.07, 6.45) is 10.3. The van der Waals surface area contributed by atoms with Crippen molar-refractivity contribution in [2.75, 3.05) is 13.1 Å². The molecular formula is C14H22N2. The molecule has 0 saturated carbocycles. The normalized spacial score (nSPS) is 20.9. The van der Waals surface area contributed by atoms with E-state index in [0.717, 1.165) is 38.8 Å². The van der Waals surface area contributed by atoms with Gasteiger partial charge >= 0.3 is 0 Å². The van der Waals surface area contributed by atoms with Crippen molar-refractivity contribution < 1.29 is 0 Å². The predicted octanol–water partition coefficient (Wildman–Crippen LogP) is 3.18. The summed E-state index contributed by atoms with van der Waals surface area (Å²) < 4.78 is 0. The van der Waals surface area contributed by atoms with E-state index in [2.05, 4.69) is 43.5 Å². The SMILES string of the molecule is CC/C=C\C=C(/CC)C1(C#N)CCNCC1. The summed E-state index contributed by atoms with van der Waals surface area (Å²) in [5.41, 5.74) is 1.08. The van der Waals surface area contributed by atoms with Crippen LogP contribution in [0.5, 0.6) is 0 Å². The third kappa shape index (κ3) is 2.96. The van der Waals surface area contributed by atoms with Gasteiger partial charge in [-0.25, -0.2) is 0 Å². The van der Waals surface area contributed by atoms with Crippen molar-refractivity contribution in [2.24, 2.45) is 5.41 Å². The van der Waals surface area contributed by atoms with Crippen molar-refractivity contribution in [1.82, 2.24) is 5.32 Å². The molecule has 1 N–H and O–H groups in total. The highest BCUT2D eigenvalue weighted by atomic mass is 14.9. The fraction of sp³-hybridized carbons (Fsp3) is 0.643. The number of nitrogens with zero attached hydrogens (tertiary/aromatic N) is 1. The van der Waals surface area contributed by atoms with E-state index in [1.807, 2.05) is 0 Å². The van der Waals surface area contributed by atoms with Gasteiger partial charge in [-0.1, -0.05) is 37.6 Å². The molecule has 88 valence electrons. The molecule has 1 aliphatic heterocycles. The molecule has 0 amide bonds. The molecule has 1 rings (SSSR count). The second kappa shape index (κ2) is 6.50. The van der Waals surface area contributed by atoms with E-state index in [1.165, 1.54) is 5.57 Å². The minimum atomic E-state index is -0.210. The van der Waals surface area contributed by atoms with Crippen LogP contribution in [-0.2, 0) is 0 Å². The number of nitrogens with one attached hydrogen (secondary N) is 1. The van der Waals surface area contributed by atoms with Crippen LogP contribution >= 0.6 is 0 Å². The zero-order valence-electron chi connectivity index (χ0n) is 10.4. The largest absolute Gasteiger partial charge is 0.317 e. The fourth-order valence-electron chi connectivity index (χ4n) is 2.29. The Morgan fingerprint density at radius 3 is 2.56 bits per heavy atom. The quantitative estimate of drug-likeness (QED) is 0.736. The van der Waals surface area contributed by atoms with Gasteiger partial charge in [0.1, 0.15) is 0 Å². The summed E-state index contributed by atoms with van der Waals surface area (Å²) in [5.74, 6) is 0. The Labute approximate surface area is 99.0 Å². The maximum atomic E-state index is 9.46. The number of hydrogen-bond acceptors (Lipinski definition) is 2. The molecule has 0 spiro atoms. The Kier molecular flexibility index (Phi) is 5.28. The lowest BCUT2D eigenvalue weighted by atomic mass is 9.73. The first kappa shape index (κ1) is 13.0. The van der Waals surface area contributed by atoms with Gasteiger partial charge in [-0.3, -0.25) is 0 Å². The summed E-state index contributed by atoms with van der Waals surface area (Å²) >= 11 is 0. The molecule has 0 aliphatic carbocycles. The van der Waals surface area contributed by atoms with Crippen LogP contribution < -0.4 is 5.32 Å². The molecule has 1 fully saturated rings. The van der Waals surface area contributed by atoms with Gasteiger partial charge in [0, 0.05) is 0 Å². The van der Waals surface area contributed by atoms with Gasteiger partial charge in [-0.2, -0.15) is 5.26 Å². The van der Waals surface area contributed by atoms with E-state index in [-0.39, 0.29) is 5.41 Å². The zero-order valence-corrected chi connectivity index (χ0v) is 10.4. The second-order valence-electron chi connectivity index (χ2n) is 4.33. The summed E-state index contributed by atoms with van der Waals surface area (Å²) in [6.45, 7) is 6.19. The highest BCUT2D eigenvalue weighted by molar-refractivity contribution is 5.28. The van der Waals surface area contributed by atoms with Crippen LogP contribution in [0.25, 0.3) is 0 Å². The molecule has 2 heteroatoms. The summed E-state index contributed by atoms with van der Waals surface area (Å²) in [7, 11) is 0. The lowest BCUT2D eigenvalue weighted by Crippen LogP contribution is -2.37. The van der Waals surface area contributed by atoms with Gasteiger partial charge in [-0.15, -0.1) is 0 Å². The Balaban J connectivity index is 2.87. The summed E-state index contributed by atoms with van der Waals surface area (Å²) in [4.78, 5) is 0. The third-order valence-corrected chi connectivity index (χ3v) is 3.34. The van der Waals surface area contributed by atoms with Crippen molar-refractivity contribution in [1.29, 1.82) is 5.26 Å². The molecule has 0 bridgehead atoms. The first-order valence-corrected chi connectivity index (χ1v) is 6.27. The summed E-state index contributed by atoms with van der Waals surface area (Å²) in [5, 5.41) is 12.8. The number of allylic oxidation sites excluding steroid dienone is 4. The number of hydrogen-bond donors (Lipinski definition) is 1. The Morgan fingerprint density at radius 2 is 2.06 bits per heavy atom. The first-order chi connectivity index (χ1) is 7.79. The molecule has 0 atom stereocenters. The van der Waals surface area contributed by atoms with E-state index in [1.54, 1.807) is 0 Å². The minimum absolute atomic E-state index is 0.210. The molecule has 1 saturated heterocycles. The molecule has 0 aromatic carbocycles. The average molecular weight is 218 g/mol. The second-order valence-corrected chi connectivity index (χ2v) is 4.33. The Bertz CT molecular complexity index is 301.